The second-order valence-corrected chi connectivity index (χ2v) is 7.30. The lowest BCUT2D eigenvalue weighted by Gasteiger charge is -2.18. The number of hydrogen-bond donors (Lipinski definition) is 1. The van der Waals surface area contributed by atoms with Crippen molar-refractivity contribution in [2.75, 3.05) is 18.8 Å². The first-order valence-corrected chi connectivity index (χ1v) is 8.96. The molecule has 2 N–H and O–H groups in total. The maximum atomic E-state index is 12.3. The number of nitrogens with two attached hydrogens (primary N) is 1. The molecule has 0 saturated carbocycles. The van der Waals surface area contributed by atoms with E-state index >= 15 is 0 Å². The molecule has 0 saturated heterocycles. The molecule has 0 aliphatic rings. The van der Waals surface area contributed by atoms with E-state index in [0.717, 1.165) is 0 Å². The number of nitrogen functional groups attached to an aromatic ring is 1. The van der Waals surface area contributed by atoms with Crippen molar-refractivity contribution in [3.05, 3.63) is 30.5 Å². The Bertz CT molecular complexity index is 749. The molecule has 0 aliphatic carbocycles. The average Bonchev–Trinajstić information content (AvgIpc) is 2.92. The van der Waals surface area contributed by atoms with Gasteiger partial charge < -0.3 is 5.73 Å². The van der Waals surface area contributed by atoms with Gasteiger partial charge in [0.05, 0.1) is 16.8 Å². The van der Waals surface area contributed by atoms with Crippen molar-refractivity contribution in [1.29, 1.82) is 0 Å². The highest BCUT2D eigenvalue weighted by Gasteiger charge is 2.21. The lowest BCUT2D eigenvalue weighted by molar-refractivity contribution is 0.445. The fourth-order valence-corrected chi connectivity index (χ4v) is 3.79. The van der Waals surface area contributed by atoms with Gasteiger partial charge >= 0.3 is 0 Å². The number of nitrogens with zero attached hydrogens (tertiary/aromatic N) is 4. The second kappa shape index (κ2) is 6.95. The zero-order valence-corrected chi connectivity index (χ0v) is 13.9. The Labute approximate surface area is 133 Å². The summed E-state index contributed by atoms with van der Waals surface area (Å²) in [4.78, 5) is 4.12. The zero-order chi connectivity index (χ0) is 16.2. The minimum Gasteiger partial charge on any atom is -0.375 e. The van der Waals surface area contributed by atoms with Crippen LogP contribution in [0.2, 0.25) is 0 Å². The van der Waals surface area contributed by atoms with Crippen LogP contribution in [0.1, 0.15) is 13.8 Å². The number of benzene rings is 1. The number of rotatable bonds is 6. The molecule has 2 rings (SSSR count). The van der Waals surface area contributed by atoms with Gasteiger partial charge in [-0.15, -0.1) is 10.2 Å². The molecule has 0 bridgehead atoms. The quantitative estimate of drug-likeness (QED) is 0.817. The monoisotopic (exact) mass is 339 g/mol. The molecule has 7 nitrogen and oxygen atoms in total. The van der Waals surface area contributed by atoms with Crippen LogP contribution in [0.15, 0.2) is 45.6 Å². The first kappa shape index (κ1) is 16.5. The van der Waals surface area contributed by atoms with E-state index in [1.54, 1.807) is 12.1 Å². The summed E-state index contributed by atoms with van der Waals surface area (Å²) in [6.45, 7) is 4.50. The van der Waals surface area contributed by atoms with E-state index in [1.165, 1.54) is 34.0 Å². The molecule has 2 aromatic rings. The largest absolute Gasteiger partial charge is 0.375 e. The third-order valence-corrected chi connectivity index (χ3v) is 5.73. The van der Waals surface area contributed by atoms with E-state index in [1.807, 2.05) is 13.8 Å². The third-order valence-electron chi connectivity index (χ3n) is 2.96. The highest BCUT2D eigenvalue weighted by atomic mass is 32.2. The first-order valence-electron chi connectivity index (χ1n) is 6.70. The molecule has 0 aliphatic heterocycles. The molecular weight excluding hydrogens is 322 g/mol. The molecule has 9 heteroatoms. The van der Waals surface area contributed by atoms with Crippen LogP contribution in [0.4, 0.5) is 15.8 Å². The molecule has 118 valence electrons. The normalized spacial score (nSPS) is 12.3. The van der Waals surface area contributed by atoms with Crippen molar-refractivity contribution in [2.24, 2.45) is 10.2 Å². The molecule has 0 atom stereocenters. The van der Waals surface area contributed by atoms with Gasteiger partial charge in [-0.2, -0.15) is 4.31 Å². The summed E-state index contributed by atoms with van der Waals surface area (Å²) < 4.78 is 26.1. The highest BCUT2D eigenvalue weighted by Crippen LogP contribution is 2.26. The van der Waals surface area contributed by atoms with Crippen LogP contribution in [0.3, 0.4) is 0 Å². The summed E-state index contributed by atoms with van der Waals surface area (Å²) in [7, 11) is -3.45. The Balaban J connectivity index is 2.18. The van der Waals surface area contributed by atoms with Crippen LogP contribution >= 0.6 is 11.3 Å². The Hall–Kier alpha value is -1.84. The number of anilines is 1. The van der Waals surface area contributed by atoms with Gasteiger partial charge in [0, 0.05) is 13.1 Å². The Morgan fingerprint density at radius 2 is 1.82 bits per heavy atom. The predicted octanol–water partition coefficient (Wildman–Crippen LogP) is 3.17. The number of hydrogen-bond acceptors (Lipinski definition) is 7. The fraction of sp³-hybridized carbons (Fsp3) is 0.308. The van der Waals surface area contributed by atoms with Gasteiger partial charge in [0.15, 0.2) is 10.1 Å². The smallest absolute Gasteiger partial charge is 0.243 e. The molecule has 0 amide bonds. The van der Waals surface area contributed by atoms with Gasteiger partial charge in [0.1, 0.15) is 0 Å². The molecule has 0 radical (unpaired) electrons. The van der Waals surface area contributed by atoms with Gasteiger partial charge in [-0.3, -0.25) is 0 Å². The Kier molecular flexibility index (Phi) is 5.22. The van der Waals surface area contributed by atoms with Gasteiger partial charge in [-0.1, -0.05) is 25.2 Å². The number of sulfonamides is 1. The van der Waals surface area contributed by atoms with E-state index in [-0.39, 0.29) is 4.90 Å². The van der Waals surface area contributed by atoms with Crippen LogP contribution < -0.4 is 5.73 Å². The number of aromatic nitrogens is 1. The Morgan fingerprint density at radius 3 is 2.32 bits per heavy atom. The Morgan fingerprint density at radius 1 is 1.18 bits per heavy atom. The van der Waals surface area contributed by atoms with Crippen LogP contribution in [-0.4, -0.2) is 30.8 Å². The highest BCUT2D eigenvalue weighted by molar-refractivity contribution is 7.89. The number of thiazole rings is 1. The maximum absolute atomic E-state index is 12.3. The molecule has 1 aromatic carbocycles. The number of azo groups is 1. The maximum Gasteiger partial charge on any atom is 0.243 e. The summed E-state index contributed by atoms with van der Waals surface area (Å²) in [5.74, 6) is 0. The zero-order valence-electron chi connectivity index (χ0n) is 12.3. The second-order valence-electron chi connectivity index (χ2n) is 4.32. The summed E-state index contributed by atoms with van der Waals surface area (Å²) in [6, 6.07) is 6.29. The van der Waals surface area contributed by atoms with Gasteiger partial charge in [-0.25, -0.2) is 13.4 Å². The van der Waals surface area contributed by atoms with Crippen molar-refractivity contribution in [3.8, 4) is 0 Å². The van der Waals surface area contributed by atoms with Crippen molar-refractivity contribution < 1.29 is 8.42 Å². The standard InChI is InChI=1S/C13H17N5O2S2/c1-3-18(4-2)22(19,20)11-7-5-10(6-8-11)16-17-12-9-15-13(14)21-12/h5-9H,3-4H2,1-2H3,(H2,14,15). The summed E-state index contributed by atoms with van der Waals surface area (Å²) in [5, 5.41) is 9.05. The molecule has 0 fully saturated rings. The minimum absolute atomic E-state index is 0.247. The lowest BCUT2D eigenvalue weighted by Crippen LogP contribution is -2.30. The van der Waals surface area contributed by atoms with Gasteiger partial charge in [-0.05, 0) is 24.3 Å². The predicted molar refractivity (Wildman–Crippen MR) is 87.3 cm³/mol. The van der Waals surface area contributed by atoms with E-state index in [4.69, 9.17) is 5.73 Å². The van der Waals surface area contributed by atoms with Crippen LogP contribution in [0, 0.1) is 0 Å². The summed E-state index contributed by atoms with van der Waals surface area (Å²) in [5.41, 5.74) is 6.06. The fourth-order valence-electron chi connectivity index (χ4n) is 1.83. The van der Waals surface area contributed by atoms with Crippen molar-refractivity contribution in [1.82, 2.24) is 9.29 Å². The molecular formula is C13H17N5O2S2. The van der Waals surface area contributed by atoms with Crippen LogP contribution in [-0.2, 0) is 10.0 Å². The molecule has 0 spiro atoms. The third kappa shape index (κ3) is 3.67. The van der Waals surface area contributed by atoms with Crippen molar-refractivity contribution >= 4 is 37.2 Å². The lowest BCUT2D eigenvalue weighted by atomic mass is 10.3. The van der Waals surface area contributed by atoms with Gasteiger partial charge in [0.2, 0.25) is 10.0 Å². The SMILES string of the molecule is CCN(CC)S(=O)(=O)c1ccc(N=Nc2cnc(N)s2)cc1. The minimum atomic E-state index is -3.45. The molecule has 0 unspecified atom stereocenters. The van der Waals surface area contributed by atoms with Crippen molar-refractivity contribution in [3.63, 3.8) is 0 Å². The van der Waals surface area contributed by atoms with Crippen molar-refractivity contribution in [2.45, 2.75) is 18.7 Å². The van der Waals surface area contributed by atoms with E-state index in [9.17, 15) is 8.42 Å². The van der Waals surface area contributed by atoms with E-state index in [2.05, 4.69) is 15.2 Å². The van der Waals surface area contributed by atoms with E-state index < -0.39 is 10.0 Å². The summed E-state index contributed by atoms with van der Waals surface area (Å²) >= 11 is 1.23. The molecule has 22 heavy (non-hydrogen) atoms. The molecule has 1 heterocycles. The average molecular weight is 339 g/mol. The van der Waals surface area contributed by atoms with Gasteiger partial charge in [0.25, 0.3) is 0 Å². The summed E-state index contributed by atoms with van der Waals surface area (Å²) in [6.07, 6.45) is 1.53. The van der Waals surface area contributed by atoms with E-state index in [0.29, 0.717) is 28.9 Å². The van der Waals surface area contributed by atoms with Crippen LogP contribution in [0.25, 0.3) is 0 Å². The first-order chi connectivity index (χ1) is 10.5. The van der Waals surface area contributed by atoms with Crippen LogP contribution in [0.5, 0.6) is 0 Å². The topological polar surface area (TPSA) is 101 Å². The molecule has 1 aromatic heterocycles.